The van der Waals surface area contributed by atoms with Crippen molar-refractivity contribution in [2.24, 2.45) is 0 Å². The second-order valence-electron chi connectivity index (χ2n) is 4.57. The van der Waals surface area contributed by atoms with Gasteiger partial charge >= 0.3 is 0 Å². The van der Waals surface area contributed by atoms with Crippen LogP contribution >= 0.6 is 0 Å². The topological polar surface area (TPSA) is 15.3 Å². The zero-order valence-electron chi connectivity index (χ0n) is 10.1. The molecule has 0 amide bonds. The van der Waals surface area contributed by atoms with E-state index in [1.54, 1.807) is 0 Å². The molecule has 0 unspecified atom stereocenters. The molecule has 2 nitrogen and oxygen atoms in total. The molecule has 0 saturated carbocycles. The van der Waals surface area contributed by atoms with E-state index in [4.69, 9.17) is 0 Å². The molecule has 1 heterocycles. The number of hydrogen-bond acceptors (Lipinski definition) is 2. The molecule has 1 rings (SSSR count). The lowest BCUT2D eigenvalue weighted by Crippen LogP contribution is -2.44. The van der Waals surface area contributed by atoms with Gasteiger partial charge in [0.1, 0.15) is 0 Å². The Kier molecular flexibility index (Phi) is 5.49. The minimum atomic E-state index is 0.806. The van der Waals surface area contributed by atoms with Crippen molar-refractivity contribution >= 4 is 0 Å². The van der Waals surface area contributed by atoms with Gasteiger partial charge in [-0.25, -0.2) is 0 Å². The van der Waals surface area contributed by atoms with Crippen LogP contribution in [0.5, 0.6) is 0 Å². The molecular formula is C12H26N2. The van der Waals surface area contributed by atoms with Crippen molar-refractivity contribution in [1.29, 1.82) is 0 Å². The van der Waals surface area contributed by atoms with E-state index in [1.807, 2.05) is 0 Å². The van der Waals surface area contributed by atoms with Gasteiger partial charge in [-0.05, 0) is 52.7 Å². The highest BCUT2D eigenvalue weighted by Crippen LogP contribution is 2.22. The lowest BCUT2D eigenvalue weighted by molar-refractivity contribution is 0.102. The normalized spacial score (nSPS) is 29.4. The third-order valence-corrected chi connectivity index (χ3v) is 3.40. The third kappa shape index (κ3) is 3.58. The number of nitrogens with zero attached hydrogens (tertiary/aromatic N) is 1. The van der Waals surface area contributed by atoms with Crippen LogP contribution in [0.4, 0.5) is 0 Å². The number of rotatable bonds is 5. The molecule has 1 saturated heterocycles. The molecule has 1 N–H and O–H groups in total. The summed E-state index contributed by atoms with van der Waals surface area (Å²) in [4.78, 5) is 2.68. The molecule has 0 aromatic heterocycles. The summed E-state index contributed by atoms with van der Waals surface area (Å²) in [6.07, 6.45) is 5.51. The average molecular weight is 198 g/mol. The van der Waals surface area contributed by atoms with E-state index in [-0.39, 0.29) is 0 Å². The molecule has 84 valence electrons. The fraction of sp³-hybridized carbons (Fsp3) is 1.00. The summed E-state index contributed by atoms with van der Waals surface area (Å²) < 4.78 is 0. The first-order valence-corrected chi connectivity index (χ1v) is 6.22. The van der Waals surface area contributed by atoms with E-state index in [0.717, 1.165) is 18.6 Å². The maximum atomic E-state index is 3.39. The van der Waals surface area contributed by atoms with Gasteiger partial charge in [-0.2, -0.15) is 0 Å². The Balaban J connectivity index is 2.19. The monoisotopic (exact) mass is 198 g/mol. The Labute approximate surface area is 89.1 Å². The lowest BCUT2D eigenvalue weighted by Gasteiger charge is -2.39. The van der Waals surface area contributed by atoms with Crippen molar-refractivity contribution in [2.45, 2.75) is 58.5 Å². The van der Waals surface area contributed by atoms with Crippen molar-refractivity contribution in [2.75, 3.05) is 19.6 Å². The Morgan fingerprint density at radius 2 is 1.86 bits per heavy atom. The molecule has 1 aliphatic heterocycles. The fourth-order valence-corrected chi connectivity index (χ4v) is 2.48. The van der Waals surface area contributed by atoms with Crippen LogP contribution in [0.25, 0.3) is 0 Å². The first-order chi connectivity index (χ1) is 6.75. The van der Waals surface area contributed by atoms with E-state index in [1.165, 1.54) is 38.8 Å². The van der Waals surface area contributed by atoms with Crippen LogP contribution in [-0.4, -0.2) is 36.6 Å². The van der Waals surface area contributed by atoms with E-state index in [9.17, 15) is 0 Å². The van der Waals surface area contributed by atoms with Crippen LogP contribution in [0.15, 0.2) is 0 Å². The molecule has 0 bridgehead atoms. The van der Waals surface area contributed by atoms with Gasteiger partial charge in [0.15, 0.2) is 0 Å². The molecule has 14 heavy (non-hydrogen) atoms. The third-order valence-electron chi connectivity index (χ3n) is 3.40. The molecule has 1 aliphatic rings. The smallest absolute Gasteiger partial charge is 0.00697 e. The second kappa shape index (κ2) is 6.41. The van der Waals surface area contributed by atoms with Gasteiger partial charge in [-0.15, -0.1) is 0 Å². The highest BCUT2D eigenvalue weighted by atomic mass is 15.2. The van der Waals surface area contributed by atoms with E-state index < -0.39 is 0 Å². The molecule has 2 heteroatoms. The Hall–Kier alpha value is -0.0800. The number of piperidine rings is 1. The number of hydrogen-bond donors (Lipinski definition) is 1. The standard InChI is InChI=1S/C12H26N2/c1-4-13-9-6-10-14-11(2)7-5-8-12(14)3/h11-13H,4-10H2,1-3H3/t11-,12+. The van der Waals surface area contributed by atoms with Crippen LogP contribution in [0, 0.1) is 0 Å². The highest BCUT2D eigenvalue weighted by Gasteiger charge is 2.23. The first-order valence-electron chi connectivity index (χ1n) is 6.22. The van der Waals surface area contributed by atoms with Gasteiger partial charge < -0.3 is 5.32 Å². The quantitative estimate of drug-likeness (QED) is 0.682. The summed E-state index contributed by atoms with van der Waals surface area (Å²) in [5, 5.41) is 3.39. The number of nitrogens with one attached hydrogen (secondary N) is 1. The van der Waals surface area contributed by atoms with Crippen molar-refractivity contribution in [3.63, 3.8) is 0 Å². The van der Waals surface area contributed by atoms with Gasteiger partial charge in [0.2, 0.25) is 0 Å². The van der Waals surface area contributed by atoms with Gasteiger partial charge in [-0.1, -0.05) is 13.3 Å². The van der Waals surface area contributed by atoms with Gasteiger partial charge in [0, 0.05) is 12.1 Å². The van der Waals surface area contributed by atoms with Crippen LogP contribution < -0.4 is 5.32 Å². The minimum Gasteiger partial charge on any atom is -0.317 e. The van der Waals surface area contributed by atoms with Crippen LogP contribution in [0.1, 0.15) is 46.5 Å². The van der Waals surface area contributed by atoms with Crippen LogP contribution in [-0.2, 0) is 0 Å². The lowest BCUT2D eigenvalue weighted by atomic mass is 9.97. The number of likely N-dealkylation sites (tertiary alicyclic amines) is 1. The molecule has 1 fully saturated rings. The SMILES string of the molecule is CCNCCCN1[C@H](C)CCC[C@@H]1C. The van der Waals surface area contributed by atoms with Gasteiger partial charge in [-0.3, -0.25) is 4.90 Å². The minimum absolute atomic E-state index is 0.806. The van der Waals surface area contributed by atoms with Crippen LogP contribution in [0.3, 0.4) is 0 Å². The van der Waals surface area contributed by atoms with Crippen molar-refractivity contribution in [1.82, 2.24) is 10.2 Å². The Morgan fingerprint density at radius 1 is 1.21 bits per heavy atom. The molecular weight excluding hydrogens is 172 g/mol. The molecule has 0 aromatic rings. The highest BCUT2D eigenvalue weighted by molar-refractivity contribution is 4.79. The summed E-state index contributed by atoms with van der Waals surface area (Å²) in [5.74, 6) is 0. The average Bonchev–Trinajstić information content (AvgIpc) is 2.16. The zero-order chi connectivity index (χ0) is 10.4. The molecule has 2 atom stereocenters. The molecule has 0 spiro atoms. The van der Waals surface area contributed by atoms with E-state index in [2.05, 4.69) is 31.0 Å². The molecule has 0 aromatic carbocycles. The summed E-state index contributed by atoms with van der Waals surface area (Å²) >= 11 is 0. The Morgan fingerprint density at radius 3 is 2.43 bits per heavy atom. The first kappa shape index (κ1) is 12.0. The summed E-state index contributed by atoms with van der Waals surface area (Å²) in [7, 11) is 0. The fourth-order valence-electron chi connectivity index (χ4n) is 2.48. The Bertz CT molecular complexity index is 137. The van der Waals surface area contributed by atoms with Gasteiger partial charge in [0.05, 0.1) is 0 Å². The van der Waals surface area contributed by atoms with E-state index in [0.29, 0.717) is 0 Å². The van der Waals surface area contributed by atoms with Crippen LogP contribution in [0.2, 0.25) is 0 Å². The molecule has 0 radical (unpaired) electrons. The summed E-state index contributed by atoms with van der Waals surface area (Å²) in [6, 6.07) is 1.61. The summed E-state index contributed by atoms with van der Waals surface area (Å²) in [6.45, 7) is 10.5. The predicted octanol–water partition coefficient (Wildman–Crippen LogP) is 2.25. The maximum Gasteiger partial charge on any atom is 0.00697 e. The molecule has 0 aliphatic carbocycles. The van der Waals surface area contributed by atoms with Crippen molar-refractivity contribution < 1.29 is 0 Å². The largest absolute Gasteiger partial charge is 0.317 e. The summed E-state index contributed by atoms with van der Waals surface area (Å²) in [5.41, 5.74) is 0. The van der Waals surface area contributed by atoms with Crippen molar-refractivity contribution in [3.05, 3.63) is 0 Å². The zero-order valence-corrected chi connectivity index (χ0v) is 10.1. The van der Waals surface area contributed by atoms with Crippen molar-refractivity contribution in [3.8, 4) is 0 Å². The maximum absolute atomic E-state index is 3.39. The van der Waals surface area contributed by atoms with Gasteiger partial charge in [0.25, 0.3) is 0 Å². The predicted molar refractivity (Wildman–Crippen MR) is 62.6 cm³/mol. The van der Waals surface area contributed by atoms with E-state index >= 15 is 0 Å². The second-order valence-corrected chi connectivity index (χ2v) is 4.57.